The van der Waals surface area contributed by atoms with Gasteiger partial charge in [0.15, 0.2) is 0 Å². The van der Waals surface area contributed by atoms with Crippen molar-refractivity contribution < 1.29 is 14.6 Å². The summed E-state index contributed by atoms with van der Waals surface area (Å²) in [6.07, 6.45) is 2.92. The third kappa shape index (κ3) is 5.79. The lowest BCUT2D eigenvalue weighted by Crippen LogP contribution is -2.32. The molecule has 1 aromatic carbocycles. The molecule has 0 spiro atoms. The van der Waals surface area contributed by atoms with E-state index in [1.165, 1.54) is 4.57 Å². The van der Waals surface area contributed by atoms with Crippen molar-refractivity contribution in [1.29, 1.82) is 0 Å². The van der Waals surface area contributed by atoms with Gasteiger partial charge in [-0.1, -0.05) is 24.3 Å². The predicted octanol–water partition coefficient (Wildman–Crippen LogP) is 1.72. The highest BCUT2D eigenvalue weighted by Crippen LogP contribution is 2.08. The average Bonchev–Trinajstić information content (AvgIpc) is 2.86. The second-order valence-electron chi connectivity index (χ2n) is 6.80. The Kier molecular flexibility index (Phi) is 6.03. The first-order valence-corrected chi connectivity index (χ1v) is 8.19. The van der Waals surface area contributed by atoms with Gasteiger partial charge in [-0.2, -0.15) is 0 Å². The Hall–Kier alpha value is -2.54. The van der Waals surface area contributed by atoms with Crippen LogP contribution in [0.3, 0.4) is 0 Å². The minimum Gasteiger partial charge on any atom is -0.444 e. The molecule has 0 unspecified atom stereocenters. The van der Waals surface area contributed by atoms with Crippen LogP contribution < -0.4 is 11.0 Å². The minimum atomic E-state index is -0.520. The van der Waals surface area contributed by atoms with E-state index in [2.05, 4.69) is 5.32 Å². The topological polar surface area (TPSA) is 85.5 Å². The van der Waals surface area contributed by atoms with Crippen LogP contribution in [0.5, 0.6) is 0 Å². The van der Waals surface area contributed by atoms with Gasteiger partial charge in [0.25, 0.3) is 0 Å². The van der Waals surface area contributed by atoms with E-state index in [0.717, 1.165) is 11.1 Å². The van der Waals surface area contributed by atoms with E-state index in [9.17, 15) is 9.59 Å². The van der Waals surface area contributed by atoms with Crippen molar-refractivity contribution in [2.45, 2.75) is 46.0 Å². The number of ether oxygens (including phenoxy) is 1. The van der Waals surface area contributed by atoms with Crippen LogP contribution in [-0.4, -0.2) is 32.5 Å². The number of aliphatic hydroxyl groups is 1. The molecule has 1 heterocycles. The number of nitrogens with zero attached hydrogens (tertiary/aromatic N) is 2. The quantitative estimate of drug-likeness (QED) is 0.833. The van der Waals surface area contributed by atoms with Crippen LogP contribution in [0.2, 0.25) is 0 Å². The first-order chi connectivity index (χ1) is 11.8. The number of amides is 1. The zero-order valence-corrected chi connectivity index (χ0v) is 14.9. The number of benzene rings is 1. The van der Waals surface area contributed by atoms with Crippen LogP contribution >= 0.6 is 0 Å². The molecule has 2 rings (SSSR count). The number of aliphatic hydroxyl groups excluding tert-OH is 1. The summed E-state index contributed by atoms with van der Waals surface area (Å²) in [6, 6.07) is 7.65. The van der Waals surface area contributed by atoms with Gasteiger partial charge in [-0.25, -0.2) is 9.59 Å². The SMILES string of the molecule is CC(C)(C)OC(=O)NCc1ccc(Cn2ccn(CCO)c2=O)cc1. The van der Waals surface area contributed by atoms with Crippen molar-refractivity contribution in [1.82, 2.24) is 14.5 Å². The lowest BCUT2D eigenvalue weighted by molar-refractivity contribution is 0.0523. The fourth-order valence-electron chi connectivity index (χ4n) is 2.30. The Labute approximate surface area is 146 Å². The minimum absolute atomic E-state index is 0.0662. The van der Waals surface area contributed by atoms with Crippen LogP contribution in [0, 0.1) is 0 Å². The Morgan fingerprint density at radius 1 is 1.12 bits per heavy atom. The van der Waals surface area contributed by atoms with Crippen LogP contribution in [0.1, 0.15) is 31.9 Å². The maximum atomic E-state index is 12.1. The van der Waals surface area contributed by atoms with Gasteiger partial charge in [-0.05, 0) is 31.9 Å². The monoisotopic (exact) mass is 347 g/mol. The van der Waals surface area contributed by atoms with Gasteiger partial charge in [0.05, 0.1) is 19.7 Å². The first kappa shape index (κ1) is 18.8. The zero-order chi connectivity index (χ0) is 18.4. The zero-order valence-electron chi connectivity index (χ0n) is 14.9. The Bertz CT molecular complexity index is 754. The molecule has 25 heavy (non-hydrogen) atoms. The molecule has 0 bridgehead atoms. The summed E-state index contributed by atoms with van der Waals surface area (Å²) in [7, 11) is 0. The number of rotatable bonds is 6. The van der Waals surface area contributed by atoms with E-state index in [1.807, 2.05) is 45.0 Å². The van der Waals surface area contributed by atoms with Crippen molar-refractivity contribution in [3.8, 4) is 0 Å². The summed E-state index contributed by atoms with van der Waals surface area (Å²) in [5.74, 6) is 0. The van der Waals surface area contributed by atoms with E-state index in [-0.39, 0.29) is 12.3 Å². The van der Waals surface area contributed by atoms with E-state index in [4.69, 9.17) is 9.84 Å². The number of carbonyl (C=O) groups excluding carboxylic acids is 1. The van der Waals surface area contributed by atoms with Crippen LogP contribution in [0.15, 0.2) is 41.5 Å². The normalized spacial score (nSPS) is 11.4. The number of aromatic nitrogens is 2. The molecule has 0 saturated heterocycles. The van der Waals surface area contributed by atoms with E-state index < -0.39 is 11.7 Å². The summed E-state index contributed by atoms with van der Waals surface area (Å²) >= 11 is 0. The average molecular weight is 347 g/mol. The molecule has 0 fully saturated rings. The molecule has 7 nitrogen and oxygen atoms in total. The highest BCUT2D eigenvalue weighted by Gasteiger charge is 2.15. The van der Waals surface area contributed by atoms with Gasteiger partial charge < -0.3 is 15.2 Å². The molecule has 0 saturated carbocycles. The molecule has 0 aliphatic rings. The van der Waals surface area contributed by atoms with Gasteiger partial charge >= 0.3 is 11.8 Å². The van der Waals surface area contributed by atoms with Crippen molar-refractivity contribution in [2.75, 3.05) is 6.61 Å². The lowest BCUT2D eigenvalue weighted by atomic mass is 10.1. The molecule has 0 radical (unpaired) electrons. The maximum absolute atomic E-state index is 12.1. The number of carbonyl (C=O) groups is 1. The highest BCUT2D eigenvalue weighted by atomic mass is 16.6. The standard InChI is InChI=1S/C18H25N3O4/c1-18(2,3)25-16(23)19-12-14-4-6-15(7-5-14)13-21-9-8-20(10-11-22)17(21)24/h4-9,22H,10-13H2,1-3H3,(H,19,23). The lowest BCUT2D eigenvalue weighted by Gasteiger charge is -2.19. The van der Waals surface area contributed by atoms with E-state index in [0.29, 0.717) is 19.6 Å². The smallest absolute Gasteiger partial charge is 0.407 e. The molecular formula is C18H25N3O4. The number of hydrogen-bond donors (Lipinski definition) is 2. The summed E-state index contributed by atoms with van der Waals surface area (Å²) in [5.41, 5.74) is 1.25. The van der Waals surface area contributed by atoms with E-state index in [1.54, 1.807) is 17.0 Å². The van der Waals surface area contributed by atoms with Gasteiger partial charge in [0, 0.05) is 18.9 Å². The molecule has 1 amide bonds. The highest BCUT2D eigenvalue weighted by molar-refractivity contribution is 5.67. The van der Waals surface area contributed by atoms with Crippen molar-refractivity contribution in [2.24, 2.45) is 0 Å². The number of imidazole rings is 1. The summed E-state index contributed by atoms with van der Waals surface area (Å²) in [4.78, 5) is 23.7. The number of alkyl carbamates (subject to hydrolysis) is 1. The molecule has 136 valence electrons. The Balaban J connectivity index is 1.92. The summed E-state index contributed by atoms with van der Waals surface area (Å²) < 4.78 is 8.25. The molecule has 7 heteroatoms. The predicted molar refractivity (Wildman–Crippen MR) is 94.4 cm³/mol. The van der Waals surface area contributed by atoms with Crippen LogP contribution in [0.25, 0.3) is 0 Å². The van der Waals surface area contributed by atoms with Crippen LogP contribution in [0.4, 0.5) is 4.79 Å². The Morgan fingerprint density at radius 2 is 1.72 bits per heavy atom. The Morgan fingerprint density at radius 3 is 2.32 bits per heavy atom. The summed E-state index contributed by atoms with van der Waals surface area (Å²) in [6.45, 7) is 6.51. The van der Waals surface area contributed by atoms with Crippen molar-refractivity contribution >= 4 is 6.09 Å². The third-order valence-electron chi connectivity index (χ3n) is 3.47. The maximum Gasteiger partial charge on any atom is 0.407 e. The molecular weight excluding hydrogens is 322 g/mol. The number of hydrogen-bond acceptors (Lipinski definition) is 4. The van der Waals surface area contributed by atoms with Crippen LogP contribution in [-0.2, 0) is 24.4 Å². The second kappa shape index (κ2) is 8.02. The van der Waals surface area contributed by atoms with Gasteiger partial charge in [-0.15, -0.1) is 0 Å². The van der Waals surface area contributed by atoms with Gasteiger partial charge in [0.2, 0.25) is 0 Å². The van der Waals surface area contributed by atoms with Crippen molar-refractivity contribution in [3.05, 3.63) is 58.3 Å². The van der Waals surface area contributed by atoms with Gasteiger partial charge in [-0.3, -0.25) is 9.13 Å². The fourth-order valence-corrected chi connectivity index (χ4v) is 2.30. The van der Waals surface area contributed by atoms with Crippen molar-refractivity contribution in [3.63, 3.8) is 0 Å². The molecule has 0 aliphatic heterocycles. The molecule has 1 aromatic heterocycles. The fraction of sp³-hybridized carbons (Fsp3) is 0.444. The second-order valence-corrected chi connectivity index (χ2v) is 6.80. The molecule has 2 aromatic rings. The molecule has 0 aliphatic carbocycles. The molecule has 0 atom stereocenters. The third-order valence-corrected chi connectivity index (χ3v) is 3.47. The first-order valence-electron chi connectivity index (χ1n) is 8.19. The van der Waals surface area contributed by atoms with Gasteiger partial charge in [0.1, 0.15) is 5.60 Å². The number of nitrogens with one attached hydrogen (secondary N) is 1. The molecule has 2 N–H and O–H groups in total. The van der Waals surface area contributed by atoms with E-state index >= 15 is 0 Å². The summed E-state index contributed by atoms with van der Waals surface area (Å²) in [5, 5.41) is 11.6. The largest absolute Gasteiger partial charge is 0.444 e.